The molecule has 0 fully saturated rings. The van der Waals surface area contributed by atoms with E-state index in [9.17, 15) is 39.5 Å². The van der Waals surface area contributed by atoms with E-state index in [1.165, 1.54) is 0 Å². The first-order chi connectivity index (χ1) is 13.9. The smallest absolute Gasteiger partial charge is 0.214 e. The van der Waals surface area contributed by atoms with E-state index < -0.39 is 29.4 Å². The average Bonchev–Trinajstić information content (AvgIpc) is 2.82. The minimum absolute atomic E-state index is 0. The topological polar surface area (TPSA) is 71.4 Å². The van der Waals surface area contributed by atoms with Crippen LogP contribution < -0.4 is 0 Å². The largest absolute Gasteiger partial charge is 4.00 e. The number of halogens is 9. The number of nitrogens with one attached hydrogen (secondary N) is 3. The van der Waals surface area contributed by atoms with Gasteiger partial charge >= 0.3 is 94.7 Å². The quantitative estimate of drug-likeness (QED) is 0.145. The Labute approximate surface area is 220 Å². The molecule has 0 aliphatic heterocycles. The van der Waals surface area contributed by atoms with Crippen LogP contribution in [0.2, 0.25) is 0 Å². The molecule has 0 aliphatic carbocycles. The molecule has 0 atom stereocenters. The van der Waals surface area contributed by atoms with E-state index in [2.05, 4.69) is 0 Å². The van der Waals surface area contributed by atoms with E-state index >= 15 is 0 Å². The monoisotopic (exact) mass is 742 g/mol. The predicted molar refractivity (Wildman–Crippen MR) is 118 cm³/mol. The molecule has 1 rings (SSSR count). The number of rotatable bonds is 0. The Morgan fingerprint density at radius 3 is 0.676 bits per heavy atom. The van der Waals surface area contributed by atoms with E-state index in [1.54, 1.807) is 0 Å². The predicted octanol–water partition coefficient (Wildman–Crippen LogP) is 9.70. The second-order valence-electron chi connectivity index (χ2n) is 9.58. The van der Waals surface area contributed by atoms with Crippen LogP contribution in [0.3, 0.4) is 0 Å². The van der Waals surface area contributed by atoms with Gasteiger partial charge in [-0.1, -0.05) is 62.3 Å². The molecule has 201 valence electrons. The summed E-state index contributed by atoms with van der Waals surface area (Å²) in [6.07, 6.45) is 0. The Morgan fingerprint density at radius 1 is 0.500 bits per heavy atom. The van der Waals surface area contributed by atoms with Gasteiger partial charge in [-0.25, -0.2) is 12.1 Å². The van der Waals surface area contributed by atoms with Crippen molar-refractivity contribution in [1.82, 2.24) is 0 Å². The van der Waals surface area contributed by atoms with Gasteiger partial charge in [-0.3, -0.25) is 0 Å². The van der Waals surface area contributed by atoms with Crippen LogP contribution in [0.1, 0.15) is 62.3 Å². The minimum Gasteiger partial charge on any atom is -0.214 e. The standard InChI is InChI=1S/C5H5.3C4H10N.C3F9Ge.Hf/c1-2-4-5-3-1;3*1-4(2,3)5;4-1(5,6)13(2(7,8)9)3(10,11)12;/h1-5H;3*5H,1-3H3;;/q4*-1;;+4. The zero-order valence-electron chi connectivity index (χ0n) is 20.8. The molecule has 1 aromatic rings. The van der Waals surface area contributed by atoms with Crippen LogP contribution in [0.4, 0.5) is 39.5 Å². The third-order valence-electron chi connectivity index (χ3n) is 1.41. The van der Waals surface area contributed by atoms with Crippen molar-refractivity contribution >= 4 is 14.3 Å². The fourth-order valence-electron chi connectivity index (χ4n) is 0.803. The van der Waals surface area contributed by atoms with Gasteiger partial charge in [0.05, 0.1) is 0 Å². The number of hydrogen-bond acceptors (Lipinski definition) is 0. The second-order valence-corrected chi connectivity index (χ2v) is 14.7. The fraction of sp³-hybridized carbons (Fsp3) is 0.750. The van der Waals surface area contributed by atoms with E-state index in [1.807, 2.05) is 92.6 Å². The van der Waals surface area contributed by atoms with Gasteiger partial charge < -0.3 is 17.2 Å². The van der Waals surface area contributed by atoms with Crippen molar-refractivity contribution < 1.29 is 65.4 Å². The van der Waals surface area contributed by atoms with Crippen LogP contribution in [0.5, 0.6) is 0 Å². The van der Waals surface area contributed by atoms with Crippen LogP contribution >= 0.6 is 0 Å². The maximum Gasteiger partial charge on any atom is 4.00 e. The molecular weight excluding hydrogens is 704 g/mol. The van der Waals surface area contributed by atoms with Crippen molar-refractivity contribution in [3.05, 3.63) is 47.5 Å². The first-order valence-corrected chi connectivity index (χ1v) is 12.5. The molecule has 0 heterocycles. The molecule has 0 spiro atoms. The summed E-state index contributed by atoms with van der Waals surface area (Å²) >= 11 is -7.10. The van der Waals surface area contributed by atoms with Crippen molar-refractivity contribution in [1.29, 1.82) is 0 Å². The summed E-state index contributed by atoms with van der Waals surface area (Å²) in [5, 5.41) is -18.6. The van der Waals surface area contributed by atoms with Gasteiger partial charge in [-0.2, -0.15) is 18.2 Å². The molecule has 1 aromatic carbocycles. The van der Waals surface area contributed by atoms with Gasteiger partial charge in [0.1, 0.15) is 0 Å². The molecule has 14 heteroatoms. The maximum atomic E-state index is 11.3. The maximum absolute atomic E-state index is 11.3. The van der Waals surface area contributed by atoms with Gasteiger partial charge in [-0.15, -0.1) is 16.6 Å². The molecular formula is C20H35F9GeHfN3. The molecule has 3 N–H and O–H groups in total. The van der Waals surface area contributed by atoms with Gasteiger partial charge in [0, 0.05) is 0 Å². The summed E-state index contributed by atoms with van der Waals surface area (Å²) < 4.78 is 102. The first kappa shape index (κ1) is 44.0. The molecule has 3 nitrogen and oxygen atoms in total. The fourth-order valence-corrected chi connectivity index (χ4v) is 2.83. The normalized spacial score (nSPS) is 12.3. The summed E-state index contributed by atoms with van der Waals surface area (Å²) in [4.78, 5) is 0. The Kier molecular flexibility index (Phi) is 22.6. The molecule has 0 saturated carbocycles. The van der Waals surface area contributed by atoms with Crippen molar-refractivity contribution in [3.63, 3.8) is 0 Å². The summed E-state index contributed by atoms with van der Waals surface area (Å²) in [6, 6.07) is 10.0. The summed E-state index contributed by atoms with van der Waals surface area (Å²) in [5.74, 6) is 0. The molecule has 34 heavy (non-hydrogen) atoms. The molecule has 0 bridgehead atoms. The Bertz CT molecular complexity index is 470. The van der Waals surface area contributed by atoms with E-state index in [4.69, 9.17) is 17.2 Å². The second kappa shape index (κ2) is 17.5. The van der Waals surface area contributed by atoms with Crippen LogP contribution in [-0.2, 0) is 25.8 Å². The summed E-state index contributed by atoms with van der Waals surface area (Å²) in [5.41, 5.74) is 20.1. The van der Waals surface area contributed by atoms with Gasteiger partial charge in [0.15, 0.2) is 0 Å². The van der Waals surface area contributed by atoms with Crippen LogP contribution in [0.25, 0.3) is 17.2 Å². The van der Waals surface area contributed by atoms with Gasteiger partial charge in [0.2, 0.25) is 0 Å². The summed E-state index contributed by atoms with van der Waals surface area (Å²) in [7, 11) is 0. The van der Waals surface area contributed by atoms with Crippen molar-refractivity contribution in [3.8, 4) is 0 Å². The van der Waals surface area contributed by atoms with E-state index in [0.717, 1.165) is 0 Å². The van der Waals surface area contributed by atoms with Crippen molar-refractivity contribution in [2.45, 2.75) is 94.0 Å². The van der Waals surface area contributed by atoms with Crippen LogP contribution in [0, 0.1) is 0 Å². The number of hydrogen-bond donors (Lipinski definition) is 0. The number of alkyl halides is 9. The Morgan fingerprint density at radius 2 is 0.647 bits per heavy atom. The first-order valence-electron chi connectivity index (χ1n) is 9.37. The SMILES string of the molecule is CC(C)(C)[NH-].CC(C)(C)[NH-].CC(C)(C)[NH-].F[C](F)(F)[Ge]([C](F)(F)F)[C](F)(F)F.[Hf+4].c1cc[cH-]c1. The van der Waals surface area contributed by atoms with E-state index in [0.29, 0.717) is 0 Å². The zero-order chi connectivity index (χ0) is 28.1. The van der Waals surface area contributed by atoms with Crippen LogP contribution in [-0.4, -0.2) is 46.0 Å². The van der Waals surface area contributed by atoms with Crippen molar-refractivity contribution in [2.75, 3.05) is 0 Å². The Hall–Kier alpha value is 0.0130. The zero-order valence-corrected chi connectivity index (χ0v) is 26.5. The molecule has 1 radical (unpaired) electrons. The molecule has 0 saturated heterocycles. The molecule has 0 amide bonds. The minimum atomic E-state index is -7.10. The molecule has 0 aromatic heterocycles. The third-order valence-corrected chi connectivity index (χ3v) is 4.97. The average molecular weight is 740 g/mol. The van der Waals surface area contributed by atoms with Crippen molar-refractivity contribution in [2.24, 2.45) is 0 Å². The molecule has 0 unspecified atom stereocenters. The van der Waals surface area contributed by atoms with Gasteiger partial charge in [0.25, 0.3) is 0 Å². The van der Waals surface area contributed by atoms with E-state index in [-0.39, 0.29) is 42.5 Å². The van der Waals surface area contributed by atoms with Crippen LogP contribution in [0.15, 0.2) is 30.3 Å². The Balaban J connectivity index is -0.000000112. The molecule has 0 aliphatic rings. The van der Waals surface area contributed by atoms with Gasteiger partial charge in [-0.05, 0) is 0 Å². The summed E-state index contributed by atoms with van der Waals surface area (Å²) in [6.45, 7) is 16.7. The third kappa shape index (κ3) is 58.1.